The minimum absolute atomic E-state index is 0. The number of rotatable bonds is 3. The van der Waals surface area contributed by atoms with Crippen LogP contribution in [0.4, 0.5) is 12.9 Å². The van der Waals surface area contributed by atoms with Crippen molar-refractivity contribution in [1.82, 2.24) is 4.90 Å². The predicted molar refractivity (Wildman–Crippen MR) is 48.9 cm³/mol. The van der Waals surface area contributed by atoms with Crippen molar-refractivity contribution in [3.8, 4) is 0 Å². The van der Waals surface area contributed by atoms with Crippen LogP contribution in [0.25, 0.3) is 0 Å². The summed E-state index contributed by atoms with van der Waals surface area (Å²) in [5.41, 5.74) is 0. The van der Waals surface area contributed by atoms with Crippen LogP contribution in [0.1, 0.15) is 26.2 Å². The maximum atomic E-state index is 12.2. The number of likely N-dealkylation sites (tertiary alicyclic amines) is 1. The van der Waals surface area contributed by atoms with Crippen LogP contribution in [0.3, 0.4) is 0 Å². The molecule has 1 amide bonds. The van der Waals surface area contributed by atoms with Crippen LogP contribution in [-0.4, -0.2) is 30.9 Å². The predicted octanol–water partition coefficient (Wildman–Crippen LogP) is -0.760. The van der Waals surface area contributed by atoms with Crippen LogP contribution in [0.15, 0.2) is 0 Å². The molecule has 1 atom stereocenters. The molecule has 0 aromatic rings. The van der Waals surface area contributed by atoms with Gasteiger partial charge in [0.1, 0.15) is 0 Å². The molecular formula is C8H14BF3KNO. The van der Waals surface area contributed by atoms with Gasteiger partial charge >= 0.3 is 58.4 Å². The Morgan fingerprint density at radius 3 is 2.20 bits per heavy atom. The van der Waals surface area contributed by atoms with E-state index in [4.69, 9.17) is 0 Å². The molecule has 1 aliphatic rings. The third kappa shape index (κ3) is 5.21. The van der Waals surface area contributed by atoms with Gasteiger partial charge in [-0.3, -0.25) is 4.79 Å². The van der Waals surface area contributed by atoms with Gasteiger partial charge < -0.3 is 17.8 Å². The number of halogens is 3. The summed E-state index contributed by atoms with van der Waals surface area (Å²) in [4.78, 5) is 12.9. The van der Waals surface area contributed by atoms with Gasteiger partial charge in [0.25, 0.3) is 0 Å². The third-order valence-electron chi connectivity index (χ3n) is 2.60. The largest absolute Gasteiger partial charge is 1.00 e. The summed E-state index contributed by atoms with van der Waals surface area (Å²) in [7, 11) is 0. The maximum Gasteiger partial charge on any atom is 1.00 e. The van der Waals surface area contributed by atoms with E-state index in [1.165, 1.54) is 4.90 Å². The van der Waals surface area contributed by atoms with E-state index in [2.05, 4.69) is 0 Å². The van der Waals surface area contributed by atoms with Gasteiger partial charge in [-0.15, -0.1) is 0 Å². The van der Waals surface area contributed by atoms with Gasteiger partial charge in [0.05, 0.1) is 0 Å². The second-order valence-electron chi connectivity index (χ2n) is 3.89. The standard InChI is InChI=1S/C8H14BF3NO.K/c1-7(9(10,11)12)6-8(14)13-4-2-3-5-13;/h7H,2-6H2,1H3;/q-1;+1. The first-order valence-corrected chi connectivity index (χ1v) is 4.89. The zero-order valence-corrected chi connectivity index (χ0v) is 12.3. The van der Waals surface area contributed by atoms with E-state index in [0.29, 0.717) is 13.1 Å². The molecule has 0 aliphatic carbocycles. The minimum atomic E-state index is -4.87. The molecule has 1 saturated heterocycles. The van der Waals surface area contributed by atoms with Crippen molar-refractivity contribution in [2.75, 3.05) is 13.1 Å². The Balaban J connectivity index is 0.00000196. The average molecular weight is 247 g/mol. The maximum absolute atomic E-state index is 12.2. The van der Waals surface area contributed by atoms with Gasteiger partial charge in [-0.2, -0.15) is 0 Å². The number of hydrogen-bond acceptors (Lipinski definition) is 1. The van der Waals surface area contributed by atoms with Crippen molar-refractivity contribution in [2.24, 2.45) is 0 Å². The number of carbonyl (C=O) groups is 1. The Labute approximate surface area is 130 Å². The summed E-state index contributed by atoms with van der Waals surface area (Å²) in [5.74, 6) is -1.82. The van der Waals surface area contributed by atoms with Crippen molar-refractivity contribution >= 4 is 12.9 Å². The van der Waals surface area contributed by atoms with Gasteiger partial charge in [-0.25, -0.2) is 0 Å². The van der Waals surface area contributed by atoms with Crippen molar-refractivity contribution in [3.05, 3.63) is 0 Å². The summed E-state index contributed by atoms with van der Waals surface area (Å²) in [6, 6.07) is 0. The molecule has 1 aliphatic heterocycles. The van der Waals surface area contributed by atoms with Gasteiger partial charge in [0.15, 0.2) is 0 Å². The Kier molecular flexibility index (Phi) is 7.06. The smallest absolute Gasteiger partial charge is 0.449 e. The van der Waals surface area contributed by atoms with E-state index in [0.717, 1.165) is 19.8 Å². The summed E-state index contributed by atoms with van der Waals surface area (Å²) >= 11 is 0. The Hall–Kier alpha value is 0.961. The summed E-state index contributed by atoms with van der Waals surface area (Å²) in [6.45, 7) is -2.55. The van der Waals surface area contributed by atoms with Crippen LogP contribution in [-0.2, 0) is 4.79 Å². The van der Waals surface area contributed by atoms with Gasteiger partial charge in [0, 0.05) is 19.5 Å². The van der Waals surface area contributed by atoms with E-state index < -0.39 is 12.8 Å². The van der Waals surface area contributed by atoms with Gasteiger partial charge in [-0.1, -0.05) is 12.7 Å². The Bertz CT molecular complexity index is 218. The summed E-state index contributed by atoms with van der Waals surface area (Å²) in [6.07, 6.45) is 1.44. The molecule has 15 heavy (non-hydrogen) atoms. The van der Waals surface area contributed by atoms with E-state index in [9.17, 15) is 17.7 Å². The zero-order chi connectivity index (χ0) is 10.8. The van der Waals surface area contributed by atoms with Crippen molar-refractivity contribution < 1.29 is 69.1 Å². The molecule has 1 rings (SSSR count). The fourth-order valence-corrected chi connectivity index (χ4v) is 1.50. The Morgan fingerprint density at radius 1 is 1.33 bits per heavy atom. The molecule has 7 heteroatoms. The number of nitrogens with zero attached hydrogens (tertiary/aromatic N) is 1. The molecule has 0 N–H and O–H groups in total. The van der Waals surface area contributed by atoms with E-state index >= 15 is 0 Å². The zero-order valence-electron chi connectivity index (χ0n) is 9.18. The topological polar surface area (TPSA) is 20.3 Å². The van der Waals surface area contributed by atoms with Crippen molar-refractivity contribution in [2.45, 2.75) is 32.0 Å². The van der Waals surface area contributed by atoms with E-state index in [1.54, 1.807) is 0 Å². The fourth-order valence-electron chi connectivity index (χ4n) is 1.50. The third-order valence-corrected chi connectivity index (χ3v) is 2.60. The SMILES string of the molecule is CC(CC(=O)N1CCCC1)[B-](F)(F)F.[K+]. The number of carbonyl (C=O) groups excluding carboxylic acids is 1. The van der Waals surface area contributed by atoms with E-state index in [1.807, 2.05) is 0 Å². The summed E-state index contributed by atoms with van der Waals surface area (Å²) < 4.78 is 36.6. The van der Waals surface area contributed by atoms with Crippen LogP contribution >= 0.6 is 0 Å². The van der Waals surface area contributed by atoms with Crippen LogP contribution in [0.5, 0.6) is 0 Å². The van der Waals surface area contributed by atoms with Crippen molar-refractivity contribution in [1.29, 1.82) is 0 Å². The fraction of sp³-hybridized carbons (Fsp3) is 0.875. The van der Waals surface area contributed by atoms with E-state index in [-0.39, 0.29) is 63.7 Å². The second kappa shape index (κ2) is 6.64. The molecule has 0 radical (unpaired) electrons. The van der Waals surface area contributed by atoms with Gasteiger partial charge in [-0.05, 0) is 12.8 Å². The normalized spacial score (nSPS) is 18.5. The van der Waals surface area contributed by atoms with Crippen molar-refractivity contribution in [3.63, 3.8) is 0 Å². The molecule has 0 saturated carbocycles. The van der Waals surface area contributed by atoms with Crippen LogP contribution in [0, 0.1) is 0 Å². The first-order valence-electron chi connectivity index (χ1n) is 4.89. The van der Waals surface area contributed by atoms with Gasteiger partial charge in [0.2, 0.25) is 5.91 Å². The average Bonchev–Trinajstić information content (AvgIpc) is 2.53. The number of amides is 1. The molecule has 1 fully saturated rings. The molecule has 1 unspecified atom stereocenters. The summed E-state index contributed by atoms with van der Waals surface area (Å²) in [5, 5.41) is 0. The van der Waals surface area contributed by atoms with Crippen LogP contribution < -0.4 is 51.4 Å². The number of hydrogen-bond donors (Lipinski definition) is 0. The second-order valence-corrected chi connectivity index (χ2v) is 3.89. The quantitative estimate of drug-likeness (QED) is 0.600. The molecule has 0 bridgehead atoms. The minimum Gasteiger partial charge on any atom is -0.449 e. The monoisotopic (exact) mass is 247 g/mol. The Morgan fingerprint density at radius 2 is 1.80 bits per heavy atom. The first kappa shape index (κ1) is 16.0. The molecule has 0 aromatic heterocycles. The molecule has 0 spiro atoms. The molecule has 2 nitrogen and oxygen atoms in total. The molecule has 82 valence electrons. The molecule has 1 heterocycles. The molecule has 0 aromatic carbocycles. The first-order chi connectivity index (χ1) is 6.41. The van der Waals surface area contributed by atoms with Crippen LogP contribution in [0.2, 0.25) is 5.82 Å². The molecular weight excluding hydrogens is 233 g/mol.